The zero-order valence-corrected chi connectivity index (χ0v) is 27.7. The van der Waals surface area contributed by atoms with E-state index < -0.39 is 56.0 Å². The summed E-state index contributed by atoms with van der Waals surface area (Å²) in [5, 5.41) is 19.0. The molecule has 17 heteroatoms. The Bertz CT molecular complexity index is 1740. The van der Waals surface area contributed by atoms with Crippen LogP contribution in [0.2, 0.25) is 0 Å². The average Bonchev–Trinajstić information content (AvgIpc) is 3.28. The number of nitrogens with one attached hydrogen (secondary N) is 1. The van der Waals surface area contributed by atoms with Gasteiger partial charge < -0.3 is 24.0 Å². The van der Waals surface area contributed by atoms with E-state index in [-0.39, 0.29) is 18.2 Å². The second-order valence-electron chi connectivity index (χ2n) is 11.2. The first-order valence-electron chi connectivity index (χ1n) is 15.0. The first-order valence-corrected chi connectivity index (χ1v) is 16.5. The van der Waals surface area contributed by atoms with E-state index in [1.807, 2.05) is 25.1 Å². The molecule has 0 bridgehead atoms. The van der Waals surface area contributed by atoms with E-state index in [9.17, 15) is 24.8 Å². The molecule has 0 aliphatic carbocycles. The molecule has 0 saturated carbocycles. The Balaban J connectivity index is 1.64. The normalized spacial score (nSPS) is 22.8. The standard InChI is InChI=1S/C30H39N8O8P/c1-6-7-17-43-28(40)21(3)34-47(42,46-24-14-10-12-22-11-8-9-13-23(22)24)44-18-30(35-36-31)26(39)20(2)27(45-30)38-16-15-25(33-29(38)41)32-19-37(4)5/h8-16,19-21,26-27,39H,6-7,17-18H2,1-5H3,(H,34,42)/b32-19+/t20-,21-,26-,27+,30+,47?/m0/s1. The van der Waals surface area contributed by atoms with Gasteiger partial charge in [0, 0.05) is 36.5 Å². The van der Waals surface area contributed by atoms with Gasteiger partial charge in [0.2, 0.25) is 0 Å². The number of carbonyl (C=O) groups excluding carboxylic acids is 1. The Morgan fingerprint density at radius 2 is 2.04 bits per heavy atom. The number of nitrogens with zero attached hydrogens (tertiary/aromatic N) is 7. The summed E-state index contributed by atoms with van der Waals surface area (Å²) in [6, 6.07) is 12.7. The molecule has 47 heavy (non-hydrogen) atoms. The number of esters is 1. The van der Waals surface area contributed by atoms with E-state index in [4.69, 9.17) is 18.5 Å². The summed E-state index contributed by atoms with van der Waals surface area (Å²) in [5.41, 5.74) is 6.59. The van der Waals surface area contributed by atoms with Gasteiger partial charge in [-0.15, -0.1) is 0 Å². The molecular formula is C30H39N8O8P. The highest BCUT2D eigenvalue weighted by atomic mass is 31.2. The van der Waals surface area contributed by atoms with E-state index >= 15 is 0 Å². The van der Waals surface area contributed by atoms with Gasteiger partial charge in [0.05, 0.1) is 25.7 Å². The van der Waals surface area contributed by atoms with Crippen LogP contribution in [0.5, 0.6) is 5.75 Å². The number of rotatable bonds is 15. The number of benzene rings is 2. The predicted molar refractivity (Wildman–Crippen MR) is 174 cm³/mol. The molecule has 2 aromatic carbocycles. The molecule has 2 N–H and O–H groups in total. The van der Waals surface area contributed by atoms with Crippen LogP contribution in [0.4, 0.5) is 5.82 Å². The lowest BCUT2D eigenvalue weighted by atomic mass is 9.98. The molecule has 1 saturated heterocycles. The van der Waals surface area contributed by atoms with Crippen molar-refractivity contribution in [3.8, 4) is 5.75 Å². The van der Waals surface area contributed by atoms with Crippen LogP contribution in [-0.4, -0.2) is 77.0 Å². The highest BCUT2D eigenvalue weighted by Gasteiger charge is 2.55. The molecule has 252 valence electrons. The van der Waals surface area contributed by atoms with Gasteiger partial charge >= 0.3 is 19.4 Å². The lowest BCUT2D eigenvalue weighted by Crippen LogP contribution is -2.44. The molecule has 1 aromatic heterocycles. The molecule has 4 rings (SSSR count). The summed E-state index contributed by atoms with van der Waals surface area (Å²) >= 11 is 0. The van der Waals surface area contributed by atoms with Gasteiger partial charge in [-0.05, 0) is 36.4 Å². The average molecular weight is 671 g/mol. The SMILES string of the molecule is CCCCOC(=O)[C@H](C)NP(=O)(OC[C@@]1(N=[N+]=[N-])O[C@@H](n2ccc(/N=C/N(C)C)nc2=O)[C@@H](C)[C@@H]1O)Oc1cccc2ccccc12. The second kappa shape index (κ2) is 15.5. The fraction of sp³-hybridized carbons (Fsp3) is 0.467. The van der Waals surface area contributed by atoms with Crippen molar-refractivity contribution in [2.75, 3.05) is 27.3 Å². The van der Waals surface area contributed by atoms with Crippen LogP contribution in [0.1, 0.15) is 39.8 Å². The third kappa shape index (κ3) is 8.55. The number of azide groups is 1. The third-order valence-corrected chi connectivity index (χ3v) is 8.93. The predicted octanol–water partition coefficient (Wildman–Crippen LogP) is 4.68. The van der Waals surface area contributed by atoms with E-state index in [0.717, 1.165) is 16.4 Å². The highest BCUT2D eigenvalue weighted by molar-refractivity contribution is 7.52. The van der Waals surface area contributed by atoms with E-state index in [1.165, 1.54) is 25.5 Å². The minimum Gasteiger partial charge on any atom is -0.465 e. The fourth-order valence-electron chi connectivity index (χ4n) is 4.82. The highest BCUT2D eigenvalue weighted by Crippen LogP contribution is 2.50. The van der Waals surface area contributed by atoms with Crippen LogP contribution in [0, 0.1) is 5.92 Å². The maximum atomic E-state index is 14.4. The number of aliphatic imine (C=N–C) groups is 1. The first kappa shape index (κ1) is 35.6. The topological polar surface area (TPSA) is 203 Å². The van der Waals surface area contributed by atoms with Crippen molar-refractivity contribution < 1.29 is 33.0 Å². The Hall–Kier alpha value is -4.30. The van der Waals surface area contributed by atoms with Crippen LogP contribution in [0.25, 0.3) is 21.2 Å². The van der Waals surface area contributed by atoms with Crippen LogP contribution in [-0.2, 0) is 23.4 Å². The van der Waals surface area contributed by atoms with Crippen molar-refractivity contribution in [2.24, 2.45) is 16.0 Å². The van der Waals surface area contributed by atoms with Gasteiger partial charge in [0.1, 0.15) is 18.0 Å². The maximum absolute atomic E-state index is 14.4. The molecule has 2 heterocycles. The van der Waals surface area contributed by atoms with Crippen molar-refractivity contribution in [3.63, 3.8) is 0 Å². The Kier molecular flexibility index (Phi) is 11.7. The second-order valence-corrected chi connectivity index (χ2v) is 12.9. The summed E-state index contributed by atoms with van der Waals surface area (Å²) in [7, 11) is -0.984. The lowest BCUT2D eigenvalue weighted by molar-refractivity contribution is -0.145. The Labute approximate surface area is 271 Å². The quantitative estimate of drug-likeness (QED) is 0.0332. The molecule has 1 fully saturated rings. The lowest BCUT2D eigenvalue weighted by Gasteiger charge is -2.30. The minimum absolute atomic E-state index is 0.149. The third-order valence-electron chi connectivity index (χ3n) is 7.32. The number of fused-ring (bicyclic) bond motifs is 1. The maximum Gasteiger partial charge on any atom is 0.459 e. The molecule has 3 aromatic rings. The van der Waals surface area contributed by atoms with Gasteiger partial charge in [-0.3, -0.25) is 13.9 Å². The van der Waals surface area contributed by atoms with Crippen molar-refractivity contribution in [1.82, 2.24) is 19.5 Å². The zero-order valence-electron chi connectivity index (χ0n) is 26.8. The van der Waals surface area contributed by atoms with Crippen LogP contribution < -0.4 is 15.3 Å². The minimum atomic E-state index is -4.51. The van der Waals surface area contributed by atoms with Gasteiger partial charge in [0.25, 0.3) is 0 Å². The molecular weight excluding hydrogens is 631 g/mol. The van der Waals surface area contributed by atoms with E-state index in [0.29, 0.717) is 11.8 Å². The number of aromatic nitrogens is 2. The number of aliphatic hydroxyl groups is 1. The van der Waals surface area contributed by atoms with Crippen molar-refractivity contribution in [3.05, 3.63) is 75.7 Å². The molecule has 1 aliphatic heterocycles. The smallest absolute Gasteiger partial charge is 0.459 e. The van der Waals surface area contributed by atoms with Gasteiger partial charge in [-0.2, -0.15) is 10.1 Å². The molecule has 16 nitrogen and oxygen atoms in total. The largest absolute Gasteiger partial charge is 0.465 e. The Morgan fingerprint density at radius 3 is 2.74 bits per heavy atom. The number of aliphatic hydroxyl groups excluding tert-OH is 1. The van der Waals surface area contributed by atoms with Crippen molar-refractivity contribution in [1.29, 1.82) is 0 Å². The summed E-state index contributed by atoms with van der Waals surface area (Å²) in [6.07, 6.45) is 1.62. The Morgan fingerprint density at radius 1 is 1.30 bits per heavy atom. The summed E-state index contributed by atoms with van der Waals surface area (Å²) in [6.45, 7) is 4.34. The molecule has 6 atom stereocenters. The first-order chi connectivity index (χ1) is 22.4. The molecule has 0 amide bonds. The number of hydrogen-bond acceptors (Lipinski definition) is 11. The van der Waals surface area contributed by atoms with E-state index in [1.54, 1.807) is 50.2 Å². The summed E-state index contributed by atoms with van der Waals surface area (Å²) in [4.78, 5) is 38.2. The van der Waals surface area contributed by atoms with Crippen LogP contribution in [0.3, 0.4) is 0 Å². The van der Waals surface area contributed by atoms with Crippen LogP contribution >= 0.6 is 7.75 Å². The van der Waals surface area contributed by atoms with Gasteiger partial charge in [-0.25, -0.2) is 14.4 Å². The van der Waals surface area contributed by atoms with Crippen molar-refractivity contribution in [2.45, 2.75) is 57.7 Å². The molecule has 1 aliphatic rings. The van der Waals surface area contributed by atoms with Gasteiger partial charge in [0.15, 0.2) is 11.5 Å². The molecule has 0 radical (unpaired) electrons. The summed E-state index contributed by atoms with van der Waals surface area (Å²) < 4.78 is 38.6. The fourth-order valence-corrected chi connectivity index (χ4v) is 6.35. The molecule has 0 spiro atoms. The van der Waals surface area contributed by atoms with E-state index in [2.05, 4.69) is 25.1 Å². The molecule has 1 unspecified atom stereocenters. The monoisotopic (exact) mass is 670 g/mol. The number of hydrogen-bond donors (Lipinski definition) is 2. The number of ether oxygens (including phenoxy) is 2. The zero-order chi connectivity index (χ0) is 34.2. The summed E-state index contributed by atoms with van der Waals surface area (Å²) in [5.74, 6) is -1.20. The number of unbranched alkanes of at least 4 members (excludes halogenated alkanes) is 1. The number of carbonyl (C=O) groups is 1. The van der Waals surface area contributed by atoms with Crippen LogP contribution in [0.15, 0.2) is 69.6 Å². The van der Waals surface area contributed by atoms with Gasteiger partial charge in [-0.1, -0.05) is 61.8 Å². The van der Waals surface area contributed by atoms with Crippen molar-refractivity contribution >= 4 is 36.6 Å².